The fourth-order valence-corrected chi connectivity index (χ4v) is 2.35. The van der Waals surface area contributed by atoms with Gasteiger partial charge in [0.1, 0.15) is 5.75 Å². The minimum atomic E-state index is -4.76. The lowest BCUT2D eigenvalue weighted by molar-refractivity contribution is -0.274. The standard InChI is InChI=1S/C15H11F3N4O2/c16-15(17,18)24-11-3-1-10(2-4-11)22-14-13(12(7-19)21-22)9(8-23)5-6-20-14/h1-6,8H,7,19H2. The molecule has 0 saturated carbocycles. The van der Waals surface area contributed by atoms with Crippen LogP contribution in [0.4, 0.5) is 13.2 Å². The summed E-state index contributed by atoms with van der Waals surface area (Å²) in [7, 11) is 0. The number of benzene rings is 1. The van der Waals surface area contributed by atoms with Crippen LogP contribution in [-0.2, 0) is 6.54 Å². The molecule has 2 heterocycles. The smallest absolute Gasteiger partial charge is 0.406 e. The first-order valence-electron chi connectivity index (χ1n) is 6.81. The van der Waals surface area contributed by atoms with Crippen molar-refractivity contribution in [3.05, 3.63) is 47.8 Å². The number of aldehydes is 1. The highest BCUT2D eigenvalue weighted by Crippen LogP contribution is 2.26. The van der Waals surface area contributed by atoms with E-state index in [1.54, 1.807) is 6.07 Å². The third-order valence-electron chi connectivity index (χ3n) is 3.31. The zero-order chi connectivity index (χ0) is 17.3. The number of aromatic nitrogens is 3. The molecule has 0 aliphatic rings. The second kappa shape index (κ2) is 5.93. The van der Waals surface area contributed by atoms with Crippen molar-refractivity contribution >= 4 is 17.3 Å². The van der Waals surface area contributed by atoms with Crippen molar-refractivity contribution in [1.29, 1.82) is 0 Å². The van der Waals surface area contributed by atoms with Crippen molar-refractivity contribution in [2.75, 3.05) is 0 Å². The van der Waals surface area contributed by atoms with Gasteiger partial charge in [-0.25, -0.2) is 9.67 Å². The Kier molecular flexibility index (Phi) is 3.94. The van der Waals surface area contributed by atoms with Gasteiger partial charge in [-0.2, -0.15) is 5.10 Å². The highest BCUT2D eigenvalue weighted by atomic mass is 19.4. The molecule has 0 aliphatic carbocycles. The van der Waals surface area contributed by atoms with E-state index in [9.17, 15) is 18.0 Å². The van der Waals surface area contributed by atoms with Crippen LogP contribution in [0.15, 0.2) is 36.5 Å². The number of hydrogen-bond donors (Lipinski definition) is 1. The number of nitrogens with zero attached hydrogens (tertiary/aromatic N) is 3. The molecule has 6 nitrogen and oxygen atoms in total. The minimum Gasteiger partial charge on any atom is -0.406 e. The highest BCUT2D eigenvalue weighted by Gasteiger charge is 2.31. The number of nitrogens with two attached hydrogens (primary N) is 1. The van der Waals surface area contributed by atoms with Gasteiger partial charge in [-0.05, 0) is 30.3 Å². The Bertz CT molecular complexity index is 888. The SMILES string of the molecule is NCc1nn(-c2ccc(OC(F)(F)F)cc2)c2nccc(C=O)c12. The van der Waals surface area contributed by atoms with Crippen molar-refractivity contribution in [1.82, 2.24) is 14.8 Å². The molecular weight excluding hydrogens is 325 g/mol. The molecule has 3 aromatic rings. The number of carbonyl (C=O) groups is 1. The Morgan fingerprint density at radius 3 is 2.50 bits per heavy atom. The van der Waals surface area contributed by atoms with Gasteiger partial charge in [0, 0.05) is 18.3 Å². The number of rotatable bonds is 4. The molecular formula is C15H11F3N4O2. The van der Waals surface area contributed by atoms with E-state index in [1.807, 2.05) is 0 Å². The van der Waals surface area contributed by atoms with E-state index in [4.69, 9.17) is 5.73 Å². The van der Waals surface area contributed by atoms with Crippen molar-refractivity contribution in [3.63, 3.8) is 0 Å². The van der Waals surface area contributed by atoms with Crippen LogP contribution < -0.4 is 10.5 Å². The maximum atomic E-state index is 12.2. The van der Waals surface area contributed by atoms with Gasteiger partial charge in [-0.15, -0.1) is 13.2 Å². The Morgan fingerprint density at radius 2 is 1.92 bits per heavy atom. The molecule has 0 aliphatic heterocycles. The third kappa shape index (κ3) is 2.93. The van der Waals surface area contributed by atoms with Gasteiger partial charge in [0.25, 0.3) is 0 Å². The fraction of sp³-hybridized carbons (Fsp3) is 0.133. The van der Waals surface area contributed by atoms with Gasteiger partial charge in [0.15, 0.2) is 11.9 Å². The van der Waals surface area contributed by atoms with Gasteiger partial charge in [0.2, 0.25) is 0 Å². The predicted molar refractivity (Wildman–Crippen MR) is 78.8 cm³/mol. The van der Waals surface area contributed by atoms with Crippen LogP contribution >= 0.6 is 0 Å². The molecule has 0 unspecified atom stereocenters. The quantitative estimate of drug-likeness (QED) is 0.741. The van der Waals surface area contributed by atoms with Crippen molar-refractivity contribution < 1.29 is 22.7 Å². The normalized spacial score (nSPS) is 11.7. The topological polar surface area (TPSA) is 83.0 Å². The molecule has 0 spiro atoms. The molecule has 0 saturated heterocycles. The van der Waals surface area contributed by atoms with Crippen LogP contribution in [-0.4, -0.2) is 27.4 Å². The summed E-state index contributed by atoms with van der Waals surface area (Å²) in [6, 6.07) is 6.69. The average molecular weight is 336 g/mol. The second-order valence-electron chi connectivity index (χ2n) is 4.82. The minimum absolute atomic E-state index is 0.0886. The maximum Gasteiger partial charge on any atom is 0.573 e. The second-order valence-corrected chi connectivity index (χ2v) is 4.82. The summed E-state index contributed by atoms with van der Waals surface area (Å²) in [4.78, 5) is 15.4. The van der Waals surface area contributed by atoms with Crippen LogP contribution in [0.25, 0.3) is 16.7 Å². The first-order chi connectivity index (χ1) is 11.4. The average Bonchev–Trinajstić information content (AvgIpc) is 2.93. The molecule has 0 amide bonds. The Hall–Kier alpha value is -2.94. The Balaban J connectivity index is 2.08. The molecule has 0 atom stereocenters. The monoisotopic (exact) mass is 336 g/mol. The zero-order valence-corrected chi connectivity index (χ0v) is 12.1. The zero-order valence-electron chi connectivity index (χ0n) is 12.1. The first-order valence-corrected chi connectivity index (χ1v) is 6.81. The van der Waals surface area contributed by atoms with E-state index in [0.29, 0.717) is 34.3 Å². The van der Waals surface area contributed by atoms with Crippen LogP contribution in [0, 0.1) is 0 Å². The molecule has 124 valence electrons. The third-order valence-corrected chi connectivity index (χ3v) is 3.31. The van der Waals surface area contributed by atoms with Crippen LogP contribution in [0.1, 0.15) is 16.1 Å². The summed E-state index contributed by atoms with van der Waals surface area (Å²) in [6.45, 7) is 0.0886. The van der Waals surface area contributed by atoms with E-state index in [0.717, 1.165) is 0 Å². The van der Waals surface area contributed by atoms with E-state index in [1.165, 1.54) is 35.1 Å². The van der Waals surface area contributed by atoms with E-state index < -0.39 is 6.36 Å². The highest BCUT2D eigenvalue weighted by molar-refractivity contribution is 5.97. The maximum absolute atomic E-state index is 12.2. The summed E-state index contributed by atoms with van der Waals surface area (Å²) >= 11 is 0. The number of halogens is 3. The van der Waals surface area contributed by atoms with Gasteiger partial charge in [-0.3, -0.25) is 4.79 Å². The van der Waals surface area contributed by atoms with Gasteiger partial charge < -0.3 is 10.5 Å². The van der Waals surface area contributed by atoms with Crippen LogP contribution in [0.2, 0.25) is 0 Å². The van der Waals surface area contributed by atoms with E-state index in [-0.39, 0.29) is 12.3 Å². The molecule has 24 heavy (non-hydrogen) atoms. The van der Waals surface area contributed by atoms with Crippen LogP contribution in [0.5, 0.6) is 5.75 Å². The lowest BCUT2D eigenvalue weighted by Gasteiger charge is -2.09. The number of ether oxygens (including phenoxy) is 1. The number of carbonyl (C=O) groups excluding carboxylic acids is 1. The molecule has 0 bridgehead atoms. The Morgan fingerprint density at radius 1 is 1.21 bits per heavy atom. The van der Waals surface area contributed by atoms with Crippen molar-refractivity contribution in [2.45, 2.75) is 12.9 Å². The number of fused-ring (bicyclic) bond motifs is 1. The lowest BCUT2D eigenvalue weighted by Crippen LogP contribution is -2.17. The molecule has 2 aromatic heterocycles. The summed E-state index contributed by atoms with van der Waals surface area (Å²) in [5.41, 5.74) is 7.38. The molecule has 0 radical (unpaired) electrons. The largest absolute Gasteiger partial charge is 0.573 e. The molecule has 9 heteroatoms. The molecule has 2 N–H and O–H groups in total. The lowest BCUT2D eigenvalue weighted by atomic mass is 10.1. The predicted octanol–water partition coefficient (Wildman–Crippen LogP) is 2.59. The number of hydrogen-bond acceptors (Lipinski definition) is 5. The van der Waals surface area contributed by atoms with Crippen molar-refractivity contribution in [3.8, 4) is 11.4 Å². The Labute approximate surface area is 133 Å². The molecule has 1 aromatic carbocycles. The van der Waals surface area contributed by atoms with Crippen LogP contribution in [0.3, 0.4) is 0 Å². The molecule has 0 fully saturated rings. The van der Waals surface area contributed by atoms with Gasteiger partial charge >= 0.3 is 6.36 Å². The first kappa shape index (κ1) is 15.9. The summed E-state index contributed by atoms with van der Waals surface area (Å²) < 4.78 is 41.9. The molecule has 3 rings (SSSR count). The van der Waals surface area contributed by atoms with E-state index >= 15 is 0 Å². The number of alkyl halides is 3. The van der Waals surface area contributed by atoms with Crippen molar-refractivity contribution in [2.24, 2.45) is 5.73 Å². The summed E-state index contributed by atoms with van der Waals surface area (Å²) in [5, 5.41) is 4.82. The number of pyridine rings is 1. The fourth-order valence-electron chi connectivity index (χ4n) is 2.35. The van der Waals surface area contributed by atoms with Gasteiger partial charge in [0.05, 0.1) is 16.8 Å². The summed E-state index contributed by atoms with van der Waals surface area (Å²) in [5.74, 6) is -0.344. The van der Waals surface area contributed by atoms with Gasteiger partial charge in [-0.1, -0.05) is 0 Å². The van der Waals surface area contributed by atoms with E-state index in [2.05, 4.69) is 14.8 Å². The summed E-state index contributed by atoms with van der Waals surface area (Å²) in [6.07, 6.45) is -2.63.